The molecule has 0 saturated carbocycles. The van der Waals surface area contributed by atoms with E-state index in [4.69, 9.17) is 9.56 Å². The van der Waals surface area contributed by atoms with E-state index in [0.29, 0.717) is 0 Å². The first-order valence-electron chi connectivity index (χ1n) is 5.04. The van der Waals surface area contributed by atoms with Crippen LogP contribution in [-0.4, -0.2) is 14.3 Å². The number of hydrogen-bond acceptors (Lipinski definition) is 4. The van der Waals surface area contributed by atoms with E-state index in [-0.39, 0.29) is 16.1 Å². The fraction of sp³-hybridized carbons (Fsp3) is 0. The molecular weight excluding hydrogens is 275 g/mol. The molecule has 3 N–H and O–H groups in total. The lowest BCUT2D eigenvalue weighted by atomic mass is 10.2. The van der Waals surface area contributed by atoms with Crippen LogP contribution in [0.1, 0.15) is 10.4 Å². The van der Waals surface area contributed by atoms with Crippen LogP contribution in [-0.2, 0) is 10.0 Å². The third-order valence-electron chi connectivity index (χ3n) is 2.30. The van der Waals surface area contributed by atoms with E-state index < -0.39 is 21.7 Å². The summed E-state index contributed by atoms with van der Waals surface area (Å²) in [4.78, 5) is 11.4. The van der Waals surface area contributed by atoms with Crippen molar-refractivity contribution in [1.29, 1.82) is 0 Å². The number of nitrogens with two attached hydrogens (primary N) is 1. The van der Waals surface area contributed by atoms with Gasteiger partial charge < -0.3 is 9.73 Å². The Labute approximate surface area is 108 Å². The maximum absolute atomic E-state index is 13.5. The van der Waals surface area contributed by atoms with Gasteiger partial charge in [0.25, 0.3) is 5.91 Å². The summed E-state index contributed by atoms with van der Waals surface area (Å²) < 4.78 is 40.5. The van der Waals surface area contributed by atoms with Gasteiger partial charge in [-0.3, -0.25) is 4.79 Å². The maximum Gasteiger partial charge on any atom is 0.258 e. The van der Waals surface area contributed by atoms with Gasteiger partial charge in [0.2, 0.25) is 10.0 Å². The van der Waals surface area contributed by atoms with E-state index in [0.717, 1.165) is 18.2 Å². The molecule has 2 rings (SSSR count). The second-order valence-corrected chi connectivity index (χ2v) is 5.21. The Morgan fingerprint density at radius 3 is 2.63 bits per heavy atom. The predicted octanol–water partition coefficient (Wildman–Crippen LogP) is 1.32. The van der Waals surface area contributed by atoms with Gasteiger partial charge >= 0.3 is 0 Å². The molecule has 0 aliphatic heterocycles. The second kappa shape index (κ2) is 4.82. The summed E-state index contributed by atoms with van der Waals surface area (Å²) in [5.41, 5.74) is -0.0990. The number of primary sulfonamides is 1. The highest BCUT2D eigenvalue weighted by Gasteiger charge is 2.14. The zero-order valence-electron chi connectivity index (χ0n) is 9.46. The van der Waals surface area contributed by atoms with Crippen LogP contribution in [0.5, 0.6) is 0 Å². The van der Waals surface area contributed by atoms with Gasteiger partial charge in [-0.1, -0.05) is 0 Å². The first-order chi connectivity index (χ1) is 8.88. The maximum atomic E-state index is 13.5. The number of furan rings is 1. The van der Waals surface area contributed by atoms with Crippen molar-refractivity contribution >= 4 is 21.6 Å². The lowest BCUT2D eigenvalue weighted by Gasteiger charge is -2.06. The number of carbonyl (C=O) groups is 1. The number of hydrogen-bond donors (Lipinski definition) is 2. The van der Waals surface area contributed by atoms with Crippen molar-refractivity contribution in [2.24, 2.45) is 5.14 Å². The number of sulfonamides is 1. The molecule has 0 bridgehead atoms. The van der Waals surface area contributed by atoms with Gasteiger partial charge in [0.1, 0.15) is 12.1 Å². The Morgan fingerprint density at radius 1 is 1.32 bits per heavy atom. The molecule has 0 radical (unpaired) electrons. The van der Waals surface area contributed by atoms with Crippen molar-refractivity contribution in [3.8, 4) is 0 Å². The van der Waals surface area contributed by atoms with E-state index in [2.05, 4.69) is 5.32 Å². The van der Waals surface area contributed by atoms with Crippen LogP contribution >= 0.6 is 0 Å². The topological polar surface area (TPSA) is 102 Å². The minimum Gasteiger partial charge on any atom is -0.472 e. The second-order valence-electron chi connectivity index (χ2n) is 3.65. The van der Waals surface area contributed by atoms with Crippen molar-refractivity contribution in [2.75, 3.05) is 5.32 Å². The summed E-state index contributed by atoms with van der Waals surface area (Å²) in [5.74, 6) is -1.40. The number of halogens is 1. The largest absolute Gasteiger partial charge is 0.472 e. The number of nitrogens with one attached hydrogen (secondary N) is 1. The molecule has 1 heterocycles. The molecule has 8 heteroatoms. The number of rotatable bonds is 3. The fourth-order valence-corrected chi connectivity index (χ4v) is 1.91. The highest BCUT2D eigenvalue weighted by Crippen LogP contribution is 2.19. The number of amides is 1. The van der Waals surface area contributed by atoms with Crippen LogP contribution in [0.3, 0.4) is 0 Å². The van der Waals surface area contributed by atoms with Crippen molar-refractivity contribution in [1.82, 2.24) is 0 Å². The number of carbonyl (C=O) groups excluding carboxylic acids is 1. The van der Waals surface area contributed by atoms with Crippen LogP contribution in [0.15, 0.2) is 46.1 Å². The number of benzene rings is 1. The molecule has 1 aromatic carbocycles. The third kappa shape index (κ3) is 2.98. The molecule has 0 aliphatic carbocycles. The summed E-state index contributed by atoms with van der Waals surface area (Å²) in [5, 5.41) is 7.15. The average Bonchev–Trinajstić information content (AvgIpc) is 2.84. The van der Waals surface area contributed by atoms with Crippen LogP contribution in [0.25, 0.3) is 0 Å². The lowest BCUT2D eigenvalue weighted by molar-refractivity contribution is 0.102. The van der Waals surface area contributed by atoms with Gasteiger partial charge in [-0.2, -0.15) is 0 Å². The Kier molecular flexibility index (Phi) is 3.36. The molecule has 0 spiro atoms. The van der Waals surface area contributed by atoms with Crippen LogP contribution in [0.4, 0.5) is 10.1 Å². The van der Waals surface area contributed by atoms with Crippen molar-refractivity contribution in [3.05, 3.63) is 48.2 Å². The zero-order valence-corrected chi connectivity index (χ0v) is 10.3. The molecule has 0 fully saturated rings. The van der Waals surface area contributed by atoms with Gasteiger partial charge in [0.05, 0.1) is 22.4 Å². The standard InChI is InChI=1S/C11H9FN2O4S/c12-9-2-1-8(19(13,16)17)5-10(9)14-11(15)7-3-4-18-6-7/h1-6H,(H,14,15)(H2,13,16,17). The van der Waals surface area contributed by atoms with E-state index in [1.54, 1.807) is 0 Å². The summed E-state index contributed by atoms with van der Waals surface area (Å²) in [6, 6.07) is 4.25. The molecule has 0 atom stereocenters. The van der Waals surface area contributed by atoms with Crippen LogP contribution in [0, 0.1) is 5.82 Å². The van der Waals surface area contributed by atoms with Crippen molar-refractivity contribution in [3.63, 3.8) is 0 Å². The quantitative estimate of drug-likeness (QED) is 0.887. The van der Waals surface area contributed by atoms with Gasteiger partial charge in [-0.15, -0.1) is 0 Å². The van der Waals surface area contributed by atoms with Crippen LogP contribution in [0.2, 0.25) is 0 Å². The first kappa shape index (κ1) is 13.2. The molecule has 0 aliphatic rings. The predicted molar refractivity (Wildman–Crippen MR) is 64.4 cm³/mol. The Hall–Kier alpha value is -2.19. The van der Waals surface area contributed by atoms with E-state index in [9.17, 15) is 17.6 Å². The first-order valence-corrected chi connectivity index (χ1v) is 6.58. The van der Waals surface area contributed by atoms with Gasteiger partial charge in [-0.25, -0.2) is 17.9 Å². The molecular formula is C11H9FN2O4S. The third-order valence-corrected chi connectivity index (χ3v) is 3.21. The minimum atomic E-state index is -3.97. The zero-order chi connectivity index (χ0) is 14.0. The Balaban J connectivity index is 2.32. The fourth-order valence-electron chi connectivity index (χ4n) is 1.37. The highest BCUT2D eigenvalue weighted by atomic mass is 32.2. The van der Waals surface area contributed by atoms with E-state index in [1.165, 1.54) is 18.6 Å². The van der Waals surface area contributed by atoms with Gasteiger partial charge in [-0.05, 0) is 24.3 Å². The van der Waals surface area contributed by atoms with Crippen molar-refractivity contribution < 1.29 is 22.0 Å². The molecule has 1 aromatic heterocycles. The molecule has 2 aromatic rings. The molecule has 1 amide bonds. The Bertz CT molecular complexity index is 710. The lowest BCUT2D eigenvalue weighted by Crippen LogP contribution is -2.15. The molecule has 19 heavy (non-hydrogen) atoms. The molecule has 6 nitrogen and oxygen atoms in total. The molecule has 0 unspecified atom stereocenters. The number of anilines is 1. The highest BCUT2D eigenvalue weighted by molar-refractivity contribution is 7.89. The van der Waals surface area contributed by atoms with E-state index in [1.807, 2.05) is 0 Å². The van der Waals surface area contributed by atoms with Crippen LogP contribution < -0.4 is 10.5 Å². The van der Waals surface area contributed by atoms with Crippen molar-refractivity contribution in [2.45, 2.75) is 4.90 Å². The summed E-state index contributed by atoms with van der Waals surface area (Å²) in [6.07, 6.45) is 2.46. The van der Waals surface area contributed by atoms with Gasteiger partial charge in [0.15, 0.2) is 0 Å². The SMILES string of the molecule is NS(=O)(=O)c1ccc(F)c(NC(=O)c2ccoc2)c1. The van der Waals surface area contributed by atoms with Gasteiger partial charge in [0, 0.05) is 0 Å². The summed E-state index contributed by atoms with van der Waals surface area (Å²) in [7, 11) is -3.97. The Morgan fingerprint density at radius 2 is 2.05 bits per heavy atom. The summed E-state index contributed by atoms with van der Waals surface area (Å²) >= 11 is 0. The van der Waals surface area contributed by atoms with E-state index >= 15 is 0 Å². The minimum absolute atomic E-state index is 0.181. The average molecular weight is 284 g/mol. The monoisotopic (exact) mass is 284 g/mol. The molecule has 0 saturated heterocycles. The summed E-state index contributed by atoms with van der Waals surface area (Å²) in [6.45, 7) is 0. The normalized spacial score (nSPS) is 11.3. The smallest absolute Gasteiger partial charge is 0.258 e. The molecule has 100 valence electrons.